The predicted molar refractivity (Wildman–Crippen MR) is 126 cm³/mol. The molecular formula is C24H34N4O4S. The lowest BCUT2D eigenvalue weighted by molar-refractivity contribution is 0.0730. The number of benzene rings is 1. The Bertz CT molecular complexity index is 1040. The van der Waals surface area contributed by atoms with Crippen molar-refractivity contribution in [3.63, 3.8) is 0 Å². The van der Waals surface area contributed by atoms with E-state index < -0.39 is 10.0 Å². The maximum absolute atomic E-state index is 12.8. The number of hydrogen-bond donors (Lipinski definition) is 2. The number of carbonyl (C=O) groups is 1. The first-order valence-electron chi connectivity index (χ1n) is 11.8. The number of ether oxygens (including phenoxy) is 1. The van der Waals surface area contributed by atoms with Gasteiger partial charge in [-0.3, -0.25) is 9.69 Å². The summed E-state index contributed by atoms with van der Waals surface area (Å²) in [6.07, 6.45) is 7.81. The van der Waals surface area contributed by atoms with Crippen molar-refractivity contribution in [2.45, 2.75) is 56.1 Å². The van der Waals surface area contributed by atoms with Crippen LogP contribution in [0.15, 0.2) is 41.4 Å². The lowest BCUT2D eigenvalue weighted by Crippen LogP contribution is -2.40. The van der Waals surface area contributed by atoms with Gasteiger partial charge >= 0.3 is 0 Å². The quantitative estimate of drug-likeness (QED) is 0.614. The van der Waals surface area contributed by atoms with Gasteiger partial charge in [0.25, 0.3) is 5.91 Å². The topological polar surface area (TPSA) is 94.7 Å². The second kappa shape index (κ2) is 10.8. The van der Waals surface area contributed by atoms with Crippen LogP contribution in [0, 0.1) is 0 Å². The van der Waals surface area contributed by atoms with E-state index in [-0.39, 0.29) is 16.5 Å². The SMILES string of the molecule is CN(Cc1ccccc1CNC(=O)c1cc(S(=O)(=O)N2CCOCC2)c[nH]1)C1CCCCC1. The van der Waals surface area contributed by atoms with Crippen molar-refractivity contribution < 1.29 is 17.9 Å². The molecule has 1 amide bonds. The zero-order chi connectivity index (χ0) is 23.3. The number of carbonyl (C=O) groups excluding carboxylic acids is 1. The highest BCUT2D eigenvalue weighted by atomic mass is 32.2. The molecule has 180 valence electrons. The van der Waals surface area contributed by atoms with Crippen LogP contribution < -0.4 is 5.32 Å². The minimum absolute atomic E-state index is 0.101. The minimum Gasteiger partial charge on any atom is -0.379 e. The Balaban J connectivity index is 1.37. The minimum atomic E-state index is -3.64. The molecule has 4 rings (SSSR count). The molecule has 1 aliphatic carbocycles. The highest BCUT2D eigenvalue weighted by molar-refractivity contribution is 7.89. The van der Waals surface area contributed by atoms with Gasteiger partial charge in [-0.25, -0.2) is 8.42 Å². The molecule has 0 unspecified atom stereocenters. The number of H-pyrrole nitrogens is 1. The second-order valence-corrected chi connectivity index (χ2v) is 10.9. The van der Waals surface area contributed by atoms with Gasteiger partial charge in [0, 0.05) is 38.4 Å². The van der Waals surface area contributed by atoms with Crippen LogP contribution in [-0.4, -0.2) is 67.9 Å². The molecule has 0 spiro atoms. The van der Waals surface area contributed by atoms with Crippen molar-refractivity contribution >= 4 is 15.9 Å². The molecule has 2 heterocycles. The van der Waals surface area contributed by atoms with Crippen LogP contribution in [0.2, 0.25) is 0 Å². The molecule has 2 aliphatic rings. The first kappa shape index (κ1) is 23.9. The summed E-state index contributed by atoms with van der Waals surface area (Å²) in [6.45, 7) is 2.64. The van der Waals surface area contributed by atoms with E-state index >= 15 is 0 Å². The third-order valence-electron chi connectivity index (χ3n) is 6.68. The monoisotopic (exact) mass is 474 g/mol. The van der Waals surface area contributed by atoms with Crippen LogP contribution in [0.1, 0.15) is 53.7 Å². The third kappa shape index (κ3) is 5.84. The number of rotatable bonds is 8. The Morgan fingerprint density at radius 2 is 1.85 bits per heavy atom. The maximum atomic E-state index is 12.8. The summed E-state index contributed by atoms with van der Waals surface area (Å²) in [4.78, 5) is 18.1. The Hall–Kier alpha value is -2.20. The van der Waals surface area contributed by atoms with Crippen LogP contribution in [-0.2, 0) is 27.8 Å². The molecule has 0 bridgehead atoms. The van der Waals surface area contributed by atoms with Gasteiger partial charge in [0.2, 0.25) is 10.0 Å². The van der Waals surface area contributed by atoms with E-state index in [0.717, 1.165) is 12.1 Å². The van der Waals surface area contributed by atoms with E-state index in [2.05, 4.69) is 28.3 Å². The van der Waals surface area contributed by atoms with E-state index in [1.54, 1.807) is 0 Å². The molecule has 2 aromatic rings. The van der Waals surface area contributed by atoms with Crippen LogP contribution >= 0.6 is 0 Å². The molecule has 0 radical (unpaired) electrons. The molecule has 1 aliphatic heterocycles. The Kier molecular flexibility index (Phi) is 7.85. The van der Waals surface area contributed by atoms with Crippen molar-refractivity contribution in [2.75, 3.05) is 33.4 Å². The molecule has 1 aromatic carbocycles. The number of sulfonamides is 1. The molecule has 33 heavy (non-hydrogen) atoms. The summed E-state index contributed by atoms with van der Waals surface area (Å²) in [6, 6.07) is 10.2. The Labute approximate surface area is 196 Å². The van der Waals surface area contributed by atoms with Crippen molar-refractivity contribution in [3.8, 4) is 0 Å². The summed E-state index contributed by atoms with van der Waals surface area (Å²) in [5.74, 6) is -0.325. The number of morpholine rings is 1. The van der Waals surface area contributed by atoms with Crippen LogP contribution in [0.3, 0.4) is 0 Å². The number of hydrogen-bond acceptors (Lipinski definition) is 5. The molecule has 9 heteroatoms. The van der Waals surface area contributed by atoms with Gasteiger partial charge in [0.05, 0.1) is 13.2 Å². The fourth-order valence-corrected chi connectivity index (χ4v) is 6.07. The van der Waals surface area contributed by atoms with Gasteiger partial charge < -0.3 is 15.0 Å². The summed E-state index contributed by atoms with van der Waals surface area (Å²) in [5, 5.41) is 2.94. The van der Waals surface area contributed by atoms with Crippen molar-refractivity contribution in [1.29, 1.82) is 0 Å². The van der Waals surface area contributed by atoms with Gasteiger partial charge in [-0.05, 0) is 37.1 Å². The van der Waals surface area contributed by atoms with E-state index in [9.17, 15) is 13.2 Å². The Morgan fingerprint density at radius 1 is 1.15 bits per heavy atom. The largest absolute Gasteiger partial charge is 0.379 e. The fraction of sp³-hybridized carbons (Fsp3) is 0.542. The van der Waals surface area contributed by atoms with Crippen LogP contribution in [0.25, 0.3) is 0 Å². The van der Waals surface area contributed by atoms with Gasteiger partial charge in [-0.2, -0.15) is 4.31 Å². The summed E-state index contributed by atoms with van der Waals surface area (Å²) < 4.78 is 32.2. The second-order valence-electron chi connectivity index (χ2n) is 8.92. The van der Waals surface area contributed by atoms with Crippen LogP contribution in [0.5, 0.6) is 0 Å². The van der Waals surface area contributed by atoms with Crippen molar-refractivity contribution in [2.24, 2.45) is 0 Å². The first-order valence-corrected chi connectivity index (χ1v) is 13.2. The molecule has 0 atom stereocenters. The average molecular weight is 475 g/mol. The standard InChI is InChI=1S/C24H34N4O4S/c1-27(21-9-3-2-4-10-21)18-20-8-6-5-7-19(20)16-26-24(29)23-15-22(17-25-23)33(30,31)28-11-13-32-14-12-28/h5-8,15,17,21,25H,2-4,9-14,16,18H2,1H3,(H,26,29). The number of nitrogens with zero attached hydrogens (tertiary/aromatic N) is 2. The number of aromatic nitrogens is 1. The highest BCUT2D eigenvalue weighted by Gasteiger charge is 2.28. The third-order valence-corrected chi connectivity index (χ3v) is 8.56. The molecule has 1 aromatic heterocycles. The summed E-state index contributed by atoms with van der Waals surface area (Å²) in [7, 11) is -1.46. The van der Waals surface area contributed by atoms with E-state index in [4.69, 9.17) is 4.74 Å². The zero-order valence-corrected chi connectivity index (χ0v) is 20.1. The number of nitrogens with one attached hydrogen (secondary N) is 2. The smallest absolute Gasteiger partial charge is 0.268 e. The molecular weight excluding hydrogens is 440 g/mol. The number of aromatic amines is 1. The molecule has 1 saturated heterocycles. The lowest BCUT2D eigenvalue weighted by atomic mass is 9.94. The van der Waals surface area contributed by atoms with Gasteiger partial charge in [-0.1, -0.05) is 43.5 Å². The Morgan fingerprint density at radius 3 is 2.58 bits per heavy atom. The van der Waals surface area contributed by atoms with E-state index in [0.29, 0.717) is 38.9 Å². The van der Waals surface area contributed by atoms with E-state index in [1.165, 1.54) is 54.2 Å². The molecule has 2 N–H and O–H groups in total. The van der Waals surface area contributed by atoms with Crippen molar-refractivity contribution in [1.82, 2.24) is 19.5 Å². The number of amides is 1. The van der Waals surface area contributed by atoms with Gasteiger partial charge in [-0.15, -0.1) is 0 Å². The van der Waals surface area contributed by atoms with Gasteiger partial charge in [0.1, 0.15) is 10.6 Å². The van der Waals surface area contributed by atoms with E-state index in [1.807, 2.05) is 18.2 Å². The lowest BCUT2D eigenvalue weighted by Gasteiger charge is -2.31. The highest BCUT2D eigenvalue weighted by Crippen LogP contribution is 2.24. The molecule has 2 fully saturated rings. The van der Waals surface area contributed by atoms with Crippen molar-refractivity contribution in [3.05, 3.63) is 53.3 Å². The predicted octanol–water partition coefficient (Wildman–Crippen LogP) is 2.73. The summed E-state index contributed by atoms with van der Waals surface area (Å²) in [5.41, 5.74) is 2.51. The fourth-order valence-electron chi connectivity index (χ4n) is 4.67. The zero-order valence-electron chi connectivity index (χ0n) is 19.3. The maximum Gasteiger partial charge on any atom is 0.268 e. The molecule has 1 saturated carbocycles. The normalized spacial score (nSPS) is 18.5. The first-order chi connectivity index (χ1) is 15.9. The van der Waals surface area contributed by atoms with Gasteiger partial charge in [0.15, 0.2) is 0 Å². The average Bonchev–Trinajstić information content (AvgIpc) is 3.36. The molecule has 8 nitrogen and oxygen atoms in total. The summed E-state index contributed by atoms with van der Waals surface area (Å²) >= 11 is 0. The van der Waals surface area contributed by atoms with Crippen LogP contribution in [0.4, 0.5) is 0 Å².